The van der Waals surface area contributed by atoms with Crippen LogP contribution in [0.5, 0.6) is 0 Å². The van der Waals surface area contributed by atoms with Crippen LogP contribution in [0.15, 0.2) is 12.2 Å². The molecular formula is C18H32O5. The molecule has 1 saturated carbocycles. The standard InChI is InChI=1S/C18H32O5/c1-2-14-15(17(21)12-16(14)20)11-10-13(19)8-6-4-3-5-7-9-18(22)23/h10-11,13-17,19-21H,2-9,12H2,1H3,(H,22,23)/b11-10+/t13-,14-,15+,16+,17-/m1/s1. The number of carboxylic acids is 1. The molecule has 0 bridgehead atoms. The van der Waals surface area contributed by atoms with Crippen molar-refractivity contribution in [2.24, 2.45) is 11.8 Å². The molecule has 5 heteroatoms. The second-order valence-electron chi connectivity index (χ2n) is 6.67. The van der Waals surface area contributed by atoms with E-state index in [0.29, 0.717) is 12.8 Å². The molecule has 134 valence electrons. The molecule has 0 spiro atoms. The second-order valence-corrected chi connectivity index (χ2v) is 6.67. The highest BCUT2D eigenvalue weighted by molar-refractivity contribution is 5.66. The summed E-state index contributed by atoms with van der Waals surface area (Å²) in [6.45, 7) is 2.01. The van der Waals surface area contributed by atoms with Crippen LogP contribution in [0.4, 0.5) is 0 Å². The van der Waals surface area contributed by atoms with E-state index in [1.807, 2.05) is 13.0 Å². The normalized spacial score (nSPS) is 29.2. The zero-order valence-corrected chi connectivity index (χ0v) is 14.1. The summed E-state index contributed by atoms with van der Waals surface area (Å²) in [6.07, 6.45) is 8.81. The van der Waals surface area contributed by atoms with Gasteiger partial charge in [-0.15, -0.1) is 0 Å². The molecule has 5 atom stereocenters. The van der Waals surface area contributed by atoms with Crippen LogP contribution in [0.25, 0.3) is 0 Å². The number of hydrogen-bond donors (Lipinski definition) is 4. The van der Waals surface area contributed by atoms with Crippen molar-refractivity contribution < 1.29 is 25.2 Å². The lowest BCUT2D eigenvalue weighted by Gasteiger charge is -2.19. The fourth-order valence-corrected chi connectivity index (χ4v) is 3.45. The van der Waals surface area contributed by atoms with E-state index in [1.54, 1.807) is 6.08 Å². The highest BCUT2D eigenvalue weighted by Gasteiger charge is 2.38. The zero-order valence-electron chi connectivity index (χ0n) is 14.1. The van der Waals surface area contributed by atoms with E-state index in [1.165, 1.54) is 0 Å². The Hall–Kier alpha value is -0.910. The van der Waals surface area contributed by atoms with Crippen molar-refractivity contribution in [2.45, 2.75) is 83.0 Å². The van der Waals surface area contributed by atoms with Gasteiger partial charge in [0.05, 0.1) is 18.3 Å². The predicted molar refractivity (Wildman–Crippen MR) is 89.0 cm³/mol. The van der Waals surface area contributed by atoms with Gasteiger partial charge in [0.15, 0.2) is 0 Å². The molecule has 0 unspecified atom stereocenters. The van der Waals surface area contributed by atoms with Crippen LogP contribution in [-0.2, 0) is 4.79 Å². The van der Waals surface area contributed by atoms with E-state index in [-0.39, 0.29) is 18.3 Å². The molecule has 1 aliphatic carbocycles. The molecule has 0 aromatic rings. The summed E-state index contributed by atoms with van der Waals surface area (Å²) < 4.78 is 0. The van der Waals surface area contributed by atoms with Crippen molar-refractivity contribution >= 4 is 5.97 Å². The number of aliphatic hydroxyl groups is 3. The van der Waals surface area contributed by atoms with Crippen molar-refractivity contribution in [3.05, 3.63) is 12.2 Å². The first-order valence-electron chi connectivity index (χ1n) is 8.90. The maximum absolute atomic E-state index is 10.4. The number of carbonyl (C=O) groups is 1. The number of aliphatic hydroxyl groups excluding tert-OH is 3. The lowest BCUT2D eigenvalue weighted by molar-refractivity contribution is -0.137. The van der Waals surface area contributed by atoms with Crippen LogP contribution >= 0.6 is 0 Å². The third-order valence-corrected chi connectivity index (χ3v) is 4.83. The average Bonchev–Trinajstić information content (AvgIpc) is 2.76. The molecule has 0 aromatic carbocycles. The van der Waals surface area contributed by atoms with Crippen LogP contribution in [-0.4, -0.2) is 44.7 Å². The van der Waals surface area contributed by atoms with E-state index < -0.39 is 24.3 Å². The fourth-order valence-electron chi connectivity index (χ4n) is 3.45. The minimum atomic E-state index is -0.741. The zero-order chi connectivity index (χ0) is 17.2. The van der Waals surface area contributed by atoms with Gasteiger partial charge >= 0.3 is 5.97 Å². The maximum Gasteiger partial charge on any atom is 0.303 e. The first kappa shape index (κ1) is 20.1. The lowest BCUT2D eigenvalue weighted by Crippen LogP contribution is -2.20. The molecule has 0 aromatic heterocycles. The molecule has 0 radical (unpaired) electrons. The van der Waals surface area contributed by atoms with E-state index in [4.69, 9.17) is 5.11 Å². The van der Waals surface area contributed by atoms with Crippen molar-refractivity contribution in [3.8, 4) is 0 Å². The Balaban J connectivity index is 2.18. The van der Waals surface area contributed by atoms with Crippen LogP contribution in [0.3, 0.4) is 0 Å². The van der Waals surface area contributed by atoms with Gasteiger partial charge in [-0.2, -0.15) is 0 Å². The van der Waals surface area contributed by atoms with E-state index in [2.05, 4.69) is 0 Å². The number of aliphatic carboxylic acids is 1. The highest BCUT2D eigenvalue weighted by atomic mass is 16.4. The molecule has 0 saturated heterocycles. The quantitative estimate of drug-likeness (QED) is 0.345. The number of carboxylic acid groups (broad SMARTS) is 1. The predicted octanol–water partition coefficient (Wildman–Crippen LogP) is 2.49. The topological polar surface area (TPSA) is 98.0 Å². The molecule has 4 N–H and O–H groups in total. The van der Waals surface area contributed by atoms with Crippen molar-refractivity contribution in [1.29, 1.82) is 0 Å². The Labute approximate surface area is 139 Å². The maximum atomic E-state index is 10.4. The van der Waals surface area contributed by atoms with Crippen LogP contribution < -0.4 is 0 Å². The number of hydrogen-bond acceptors (Lipinski definition) is 4. The van der Waals surface area contributed by atoms with Gasteiger partial charge in [0.25, 0.3) is 0 Å². The van der Waals surface area contributed by atoms with Crippen LogP contribution in [0.2, 0.25) is 0 Å². The highest BCUT2D eigenvalue weighted by Crippen LogP contribution is 2.35. The molecule has 0 heterocycles. The van der Waals surface area contributed by atoms with Gasteiger partial charge in [-0.1, -0.05) is 51.2 Å². The van der Waals surface area contributed by atoms with E-state index in [9.17, 15) is 20.1 Å². The minimum Gasteiger partial charge on any atom is -0.481 e. The molecule has 23 heavy (non-hydrogen) atoms. The van der Waals surface area contributed by atoms with Gasteiger partial charge in [-0.25, -0.2) is 0 Å². The fraction of sp³-hybridized carbons (Fsp3) is 0.833. The largest absolute Gasteiger partial charge is 0.481 e. The summed E-state index contributed by atoms with van der Waals surface area (Å²) in [6, 6.07) is 0. The first-order chi connectivity index (χ1) is 11.0. The Bertz CT molecular complexity index is 368. The van der Waals surface area contributed by atoms with Gasteiger partial charge in [0.1, 0.15) is 0 Å². The van der Waals surface area contributed by atoms with Gasteiger partial charge in [-0.05, 0) is 18.8 Å². The summed E-state index contributed by atoms with van der Waals surface area (Å²) in [5.41, 5.74) is 0. The molecule has 1 aliphatic rings. The van der Waals surface area contributed by atoms with Crippen LogP contribution in [0, 0.1) is 11.8 Å². The molecule has 1 fully saturated rings. The average molecular weight is 328 g/mol. The smallest absolute Gasteiger partial charge is 0.303 e. The Morgan fingerprint density at radius 3 is 2.43 bits per heavy atom. The minimum absolute atomic E-state index is 0.0688. The first-order valence-corrected chi connectivity index (χ1v) is 8.90. The molecule has 5 nitrogen and oxygen atoms in total. The van der Waals surface area contributed by atoms with Crippen molar-refractivity contribution in [2.75, 3.05) is 0 Å². The Morgan fingerprint density at radius 2 is 1.78 bits per heavy atom. The SMILES string of the molecule is CC[C@@H]1[C@H](/C=C/[C@H](O)CCCCCCCC(=O)O)[C@H](O)C[C@@H]1O. The summed E-state index contributed by atoms with van der Waals surface area (Å²) in [5, 5.41) is 38.4. The summed E-state index contributed by atoms with van der Waals surface area (Å²) in [7, 11) is 0. The van der Waals surface area contributed by atoms with E-state index in [0.717, 1.165) is 38.5 Å². The molecule has 0 amide bonds. The van der Waals surface area contributed by atoms with Crippen molar-refractivity contribution in [1.82, 2.24) is 0 Å². The Morgan fingerprint density at radius 1 is 1.13 bits per heavy atom. The third kappa shape index (κ3) is 7.46. The lowest BCUT2D eigenvalue weighted by atomic mass is 9.90. The van der Waals surface area contributed by atoms with Gasteiger partial charge in [-0.3, -0.25) is 4.79 Å². The molecule has 0 aliphatic heterocycles. The third-order valence-electron chi connectivity index (χ3n) is 4.83. The summed E-state index contributed by atoms with van der Waals surface area (Å²) in [5.74, 6) is -0.737. The van der Waals surface area contributed by atoms with Crippen molar-refractivity contribution in [3.63, 3.8) is 0 Å². The molecule has 1 rings (SSSR count). The second kappa shape index (κ2) is 10.8. The van der Waals surface area contributed by atoms with Crippen LogP contribution in [0.1, 0.15) is 64.7 Å². The van der Waals surface area contributed by atoms with Gasteiger partial charge in [0, 0.05) is 18.8 Å². The van der Waals surface area contributed by atoms with Gasteiger partial charge < -0.3 is 20.4 Å². The summed E-state index contributed by atoms with van der Waals surface area (Å²) >= 11 is 0. The monoisotopic (exact) mass is 328 g/mol. The number of rotatable bonds is 11. The van der Waals surface area contributed by atoms with E-state index >= 15 is 0 Å². The Kier molecular flexibility index (Phi) is 9.44. The molecular weight excluding hydrogens is 296 g/mol. The van der Waals surface area contributed by atoms with Gasteiger partial charge in [0.2, 0.25) is 0 Å². The number of unbranched alkanes of at least 4 members (excludes halogenated alkanes) is 4. The summed E-state index contributed by atoms with van der Waals surface area (Å²) in [4.78, 5) is 10.4.